The number of alkyl halides is 1. The second kappa shape index (κ2) is 4.70. The van der Waals surface area contributed by atoms with Crippen LogP contribution in [0.4, 0.5) is 4.39 Å². The van der Waals surface area contributed by atoms with Gasteiger partial charge in [0.2, 0.25) is 0 Å². The maximum Gasteiger partial charge on any atom is 0.115 e. The molecule has 1 rings (SSSR count). The molecule has 1 heterocycles. The van der Waals surface area contributed by atoms with E-state index in [0.29, 0.717) is 12.5 Å². The number of rotatable bonds is 3. The van der Waals surface area contributed by atoms with Crippen molar-refractivity contribution in [2.24, 2.45) is 5.92 Å². The molecule has 0 amide bonds. The third-order valence-electron chi connectivity index (χ3n) is 2.47. The Morgan fingerprint density at radius 1 is 1.55 bits per heavy atom. The molecule has 0 spiro atoms. The summed E-state index contributed by atoms with van der Waals surface area (Å²) in [7, 11) is 0. The van der Waals surface area contributed by atoms with Gasteiger partial charge in [-0.3, -0.25) is 0 Å². The van der Waals surface area contributed by atoms with Crippen LogP contribution < -0.4 is 5.32 Å². The predicted octanol–water partition coefficient (Wildman–Crippen LogP) is 2.12. The molecule has 66 valence electrons. The van der Waals surface area contributed by atoms with Gasteiger partial charge in [0.1, 0.15) is 6.17 Å². The summed E-state index contributed by atoms with van der Waals surface area (Å²) in [5, 5.41) is 3.07. The summed E-state index contributed by atoms with van der Waals surface area (Å²) >= 11 is 0. The van der Waals surface area contributed by atoms with E-state index < -0.39 is 6.17 Å². The molecule has 0 aliphatic carbocycles. The summed E-state index contributed by atoms with van der Waals surface area (Å²) in [6.07, 6.45) is 3.90. The van der Waals surface area contributed by atoms with Crippen LogP contribution in [0, 0.1) is 5.92 Å². The van der Waals surface area contributed by atoms with Gasteiger partial charge in [0, 0.05) is 6.54 Å². The van der Waals surface area contributed by atoms with Gasteiger partial charge in [0.05, 0.1) is 0 Å². The summed E-state index contributed by atoms with van der Waals surface area (Å²) < 4.78 is 13.1. The lowest BCUT2D eigenvalue weighted by atomic mass is 9.91. The van der Waals surface area contributed by atoms with E-state index >= 15 is 0 Å². The minimum absolute atomic E-state index is 0.344. The van der Waals surface area contributed by atoms with Crippen LogP contribution in [0.2, 0.25) is 0 Å². The zero-order chi connectivity index (χ0) is 8.10. The van der Waals surface area contributed by atoms with Crippen molar-refractivity contribution in [3.05, 3.63) is 0 Å². The van der Waals surface area contributed by atoms with Crippen molar-refractivity contribution in [1.82, 2.24) is 5.32 Å². The summed E-state index contributed by atoms with van der Waals surface area (Å²) in [6.45, 7) is 3.75. The van der Waals surface area contributed by atoms with Crippen molar-refractivity contribution in [3.63, 3.8) is 0 Å². The smallest absolute Gasteiger partial charge is 0.115 e. The highest BCUT2D eigenvalue weighted by atomic mass is 19.1. The van der Waals surface area contributed by atoms with Crippen molar-refractivity contribution in [2.75, 3.05) is 13.1 Å². The monoisotopic (exact) mass is 159 g/mol. The predicted molar refractivity (Wildman–Crippen MR) is 45.4 cm³/mol. The fourth-order valence-electron chi connectivity index (χ4n) is 1.67. The lowest BCUT2D eigenvalue weighted by molar-refractivity contribution is 0.169. The number of nitrogens with one attached hydrogen (secondary N) is 1. The first-order valence-corrected chi connectivity index (χ1v) is 4.69. The topological polar surface area (TPSA) is 12.0 Å². The van der Waals surface area contributed by atoms with Gasteiger partial charge in [0.25, 0.3) is 0 Å². The zero-order valence-electron chi connectivity index (χ0n) is 7.28. The fraction of sp³-hybridized carbons (Fsp3) is 1.00. The molecule has 11 heavy (non-hydrogen) atoms. The Bertz CT molecular complexity index is 106. The first kappa shape index (κ1) is 8.98. The molecule has 2 heteroatoms. The second-order valence-electron chi connectivity index (χ2n) is 3.41. The van der Waals surface area contributed by atoms with E-state index in [1.165, 1.54) is 12.8 Å². The van der Waals surface area contributed by atoms with E-state index in [1.807, 2.05) is 0 Å². The third-order valence-corrected chi connectivity index (χ3v) is 2.47. The summed E-state index contributed by atoms with van der Waals surface area (Å²) in [5.74, 6) is 0.344. The molecule has 1 fully saturated rings. The number of piperidine rings is 1. The first-order chi connectivity index (χ1) is 5.34. The van der Waals surface area contributed by atoms with Crippen molar-refractivity contribution in [1.29, 1.82) is 0 Å². The van der Waals surface area contributed by atoms with Crippen LogP contribution in [0.3, 0.4) is 0 Å². The molecule has 1 aliphatic heterocycles. The van der Waals surface area contributed by atoms with Gasteiger partial charge in [-0.2, -0.15) is 0 Å². The van der Waals surface area contributed by atoms with E-state index in [1.54, 1.807) is 0 Å². The number of hydrogen-bond acceptors (Lipinski definition) is 1. The molecule has 0 radical (unpaired) electrons. The lowest BCUT2D eigenvalue weighted by Gasteiger charge is -2.26. The Morgan fingerprint density at radius 3 is 3.00 bits per heavy atom. The maximum atomic E-state index is 13.1. The van der Waals surface area contributed by atoms with Gasteiger partial charge in [-0.25, -0.2) is 4.39 Å². The van der Waals surface area contributed by atoms with Crippen molar-refractivity contribution >= 4 is 0 Å². The molecule has 1 nitrogen and oxygen atoms in total. The van der Waals surface area contributed by atoms with Crippen LogP contribution in [-0.4, -0.2) is 19.3 Å². The average Bonchev–Trinajstić information content (AvgIpc) is 2.03. The molecule has 1 aliphatic rings. The molecule has 2 unspecified atom stereocenters. The Morgan fingerprint density at radius 2 is 2.36 bits per heavy atom. The Kier molecular flexibility index (Phi) is 3.84. The third kappa shape index (κ3) is 2.78. The van der Waals surface area contributed by atoms with E-state index in [0.717, 1.165) is 19.4 Å². The quantitative estimate of drug-likeness (QED) is 0.665. The minimum Gasteiger partial charge on any atom is -0.314 e. The van der Waals surface area contributed by atoms with Gasteiger partial charge in [-0.05, 0) is 25.3 Å². The molecule has 0 saturated carbocycles. The Labute approximate surface area is 68.4 Å². The van der Waals surface area contributed by atoms with Gasteiger partial charge in [-0.1, -0.05) is 19.8 Å². The molecule has 0 aromatic rings. The minimum atomic E-state index is -0.588. The van der Waals surface area contributed by atoms with Gasteiger partial charge < -0.3 is 5.32 Å². The summed E-state index contributed by atoms with van der Waals surface area (Å²) in [6, 6.07) is 0. The molecule has 0 bridgehead atoms. The highest BCUT2D eigenvalue weighted by Gasteiger charge is 2.23. The number of unbranched alkanes of at least 4 members (excludes halogenated alkanes) is 1. The SMILES string of the molecule is CCCCC1CCNCC1F. The Hall–Kier alpha value is -0.110. The van der Waals surface area contributed by atoms with Crippen LogP contribution in [0.25, 0.3) is 0 Å². The normalized spacial score (nSPS) is 32.2. The molecule has 2 atom stereocenters. The van der Waals surface area contributed by atoms with Crippen LogP contribution in [0.15, 0.2) is 0 Å². The average molecular weight is 159 g/mol. The van der Waals surface area contributed by atoms with Crippen LogP contribution in [0.1, 0.15) is 32.6 Å². The highest BCUT2D eigenvalue weighted by Crippen LogP contribution is 2.21. The van der Waals surface area contributed by atoms with E-state index in [2.05, 4.69) is 12.2 Å². The summed E-state index contributed by atoms with van der Waals surface area (Å²) in [5.41, 5.74) is 0. The second-order valence-corrected chi connectivity index (χ2v) is 3.41. The van der Waals surface area contributed by atoms with E-state index in [9.17, 15) is 4.39 Å². The first-order valence-electron chi connectivity index (χ1n) is 4.69. The van der Waals surface area contributed by atoms with Gasteiger partial charge in [-0.15, -0.1) is 0 Å². The largest absolute Gasteiger partial charge is 0.314 e. The van der Waals surface area contributed by atoms with Crippen LogP contribution in [-0.2, 0) is 0 Å². The zero-order valence-corrected chi connectivity index (χ0v) is 7.28. The highest BCUT2D eigenvalue weighted by molar-refractivity contribution is 4.77. The van der Waals surface area contributed by atoms with Crippen molar-refractivity contribution in [3.8, 4) is 0 Å². The number of hydrogen-bond donors (Lipinski definition) is 1. The van der Waals surface area contributed by atoms with Gasteiger partial charge >= 0.3 is 0 Å². The van der Waals surface area contributed by atoms with Crippen LogP contribution in [0.5, 0.6) is 0 Å². The van der Waals surface area contributed by atoms with Crippen LogP contribution >= 0.6 is 0 Å². The van der Waals surface area contributed by atoms with Crippen molar-refractivity contribution < 1.29 is 4.39 Å². The molecule has 0 aromatic carbocycles. The fourth-order valence-corrected chi connectivity index (χ4v) is 1.67. The van der Waals surface area contributed by atoms with Crippen molar-refractivity contribution in [2.45, 2.75) is 38.8 Å². The molecular weight excluding hydrogens is 141 g/mol. The molecule has 1 N–H and O–H groups in total. The molecule has 1 saturated heterocycles. The standard InChI is InChI=1S/C9H18FN/c1-2-3-4-8-5-6-11-7-9(8)10/h8-9,11H,2-7H2,1H3. The van der Waals surface area contributed by atoms with E-state index in [4.69, 9.17) is 0 Å². The maximum absolute atomic E-state index is 13.1. The Balaban J connectivity index is 2.18. The van der Waals surface area contributed by atoms with E-state index in [-0.39, 0.29) is 0 Å². The van der Waals surface area contributed by atoms with Gasteiger partial charge in [0.15, 0.2) is 0 Å². The summed E-state index contributed by atoms with van der Waals surface area (Å²) in [4.78, 5) is 0. The molecule has 0 aromatic heterocycles. The molecular formula is C9H18FN. The lowest BCUT2D eigenvalue weighted by Crippen LogP contribution is -2.37. The number of halogens is 1.